The molecule has 0 saturated heterocycles. The molecule has 2 rings (SSSR count). The second-order valence-electron chi connectivity index (χ2n) is 3.38. The van der Waals surface area contributed by atoms with Gasteiger partial charge in [0, 0.05) is 0 Å². The molecule has 0 spiro atoms. The zero-order valence-electron chi connectivity index (χ0n) is 9.16. The average molecular weight is 283 g/mol. The number of fused-ring (bicyclic) bond motifs is 1. The van der Waals surface area contributed by atoms with Crippen LogP contribution in [0, 0.1) is 0 Å². The van der Waals surface area contributed by atoms with E-state index in [-0.39, 0.29) is 12.8 Å². The summed E-state index contributed by atoms with van der Waals surface area (Å²) in [6.07, 6.45) is -0.355. The Labute approximate surface area is 111 Å². The molecular formula is C11H9NO4S2. The van der Waals surface area contributed by atoms with Crippen LogP contribution in [0.2, 0.25) is 0 Å². The van der Waals surface area contributed by atoms with Gasteiger partial charge in [0.25, 0.3) is 0 Å². The highest BCUT2D eigenvalue weighted by atomic mass is 32.2. The van der Waals surface area contributed by atoms with Crippen LogP contribution in [-0.2, 0) is 13.8 Å². The van der Waals surface area contributed by atoms with Crippen molar-refractivity contribution in [3.8, 4) is 0 Å². The molecule has 1 N–H and O–H groups in total. The molecule has 0 bridgehead atoms. The molecule has 1 heterocycles. The lowest BCUT2D eigenvalue weighted by molar-refractivity contribution is -0.141. The van der Waals surface area contributed by atoms with Crippen molar-refractivity contribution in [2.75, 3.05) is 0 Å². The fraction of sp³-hybridized carbons (Fsp3) is 0.182. The lowest BCUT2D eigenvalue weighted by Crippen LogP contribution is -2.03. The quantitative estimate of drug-likeness (QED) is 0.850. The van der Waals surface area contributed by atoms with Crippen LogP contribution in [0.1, 0.15) is 12.8 Å². The van der Waals surface area contributed by atoms with Crippen LogP contribution < -0.4 is 0 Å². The molecule has 5 nitrogen and oxygen atoms in total. The Balaban J connectivity index is 1.90. The summed E-state index contributed by atoms with van der Waals surface area (Å²) in [5.41, 5.74) is 0.853. The highest BCUT2D eigenvalue weighted by Gasteiger charge is 2.10. The smallest absolute Gasteiger partial charge is 0.318 e. The highest BCUT2D eigenvalue weighted by Crippen LogP contribution is 2.29. The van der Waals surface area contributed by atoms with Crippen molar-refractivity contribution in [1.82, 2.24) is 4.98 Å². The molecule has 7 heteroatoms. The van der Waals surface area contributed by atoms with Gasteiger partial charge in [0.1, 0.15) is 12.0 Å². The van der Waals surface area contributed by atoms with Gasteiger partial charge in [-0.05, 0) is 12.1 Å². The van der Waals surface area contributed by atoms with Gasteiger partial charge < -0.3 is 9.29 Å². The van der Waals surface area contributed by atoms with Gasteiger partial charge in [-0.2, -0.15) is 0 Å². The van der Waals surface area contributed by atoms with Crippen molar-refractivity contribution in [2.24, 2.45) is 0 Å². The predicted molar refractivity (Wildman–Crippen MR) is 68.4 cm³/mol. The molecule has 0 radical (unpaired) electrons. The zero-order valence-corrected chi connectivity index (χ0v) is 10.8. The van der Waals surface area contributed by atoms with Crippen LogP contribution >= 0.6 is 23.4 Å². The van der Waals surface area contributed by atoms with Crippen LogP contribution in [0.15, 0.2) is 28.6 Å². The van der Waals surface area contributed by atoms with E-state index in [4.69, 9.17) is 9.29 Å². The summed E-state index contributed by atoms with van der Waals surface area (Å²) in [5.74, 6) is -1.57. The van der Waals surface area contributed by atoms with E-state index >= 15 is 0 Å². The molecule has 0 unspecified atom stereocenters. The van der Waals surface area contributed by atoms with Gasteiger partial charge in [-0.25, -0.2) is 4.98 Å². The number of carbonyl (C=O) groups excluding carboxylic acids is 1. The van der Waals surface area contributed by atoms with Crippen molar-refractivity contribution < 1.29 is 18.9 Å². The van der Waals surface area contributed by atoms with E-state index in [9.17, 15) is 9.59 Å². The maximum atomic E-state index is 11.2. The minimum absolute atomic E-state index is 0.132. The second kappa shape index (κ2) is 5.83. The van der Waals surface area contributed by atoms with Gasteiger partial charge in [-0.15, -0.1) is 11.3 Å². The average Bonchev–Trinajstić information content (AvgIpc) is 2.76. The van der Waals surface area contributed by atoms with Gasteiger partial charge in [-0.1, -0.05) is 12.1 Å². The minimum atomic E-state index is -1.02. The van der Waals surface area contributed by atoms with Gasteiger partial charge >= 0.3 is 11.9 Å². The number of aliphatic carboxylic acids is 1. The molecule has 0 atom stereocenters. The lowest BCUT2D eigenvalue weighted by atomic mass is 10.3. The molecule has 1 aromatic heterocycles. The first-order chi connectivity index (χ1) is 8.65. The van der Waals surface area contributed by atoms with Crippen molar-refractivity contribution in [2.45, 2.75) is 17.2 Å². The summed E-state index contributed by atoms with van der Waals surface area (Å²) in [7, 11) is 0. The second-order valence-corrected chi connectivity index (χ2v) is 5.39. The molecule has 0 saturated carbocycles. The van der Waals surface area contributed by atoms with Gasteiger partial charge in [0.15, 0.2) is 4.34 Å². The number of carboxylic acids is 1. The number of aromatic nitrogens is 1. The molecular weight excluding hydrogens is 274 g/mol. The maximum Gasteiger partial charge on any atom is 0.318 e. The topological polar surface area (TPSA) is 76.5 Å². The zero-order chi connectivity index (χ0) is 13.0. The predicted octanol–water partition coefficient (Wildman–Crippen LogP) is 2.71. The number of rotatable bonds is 5. The molecule has 94 valence electrons. The molecule has 0 amide bonds. The molecule has 0 aliphatic rings. The summed E-state index contributed by atoms with van der Waals surface area (Å²) in [6.45, 7) is 0. The molecule has 0 aliphatic carbocycles. The van der Waals surface area contributed by atoms with E-state index in [1.54, 1.807) is 0 Å². The third-order valence-corrected chi connectivity index (χ3v) is 3.81. The number of para-hydroxylation sites is 1. The Hall–Kier alpha value is -1.60. The SMILES string of the molecule is O=C(O)CCC(=O)OSc1nc2ccccc2s1. The first kappa shape index (κ1) is 12.8. The Morgan fingerprint density at radius 3 is 2.83 bits per heavy atom. The summed E-state index contributed by atoms with van der Waals surface area (Å²) in [5, 5.41) is 8.42. The summed E-state index contributed by atoms with van der Waals surface area (Å²) in [6, 6.07) is 7.61. The van der Waals surface area contributed by atoms with Gasteiger partial charge in [-0.3, -0.25) is 9.59 Å². The van der Waals surface area contributed by atoms with E-state index in [0.29, 0.717) is 4.34 Å². The third-order valence-electron chi connectivity index (χ3n) is 2.02. The van der Waals surface area contributed by atoms with Gasteiger partial charge in [0.05, 0.1) is 23.1 Å². The van der Waals surface area contributed by atoms with Crippen molar-refractivity contribution in [3.05, 3.63) is 24.3 Å². The Morgan fingerprint density at radius 1 is 1.33 bits per heavy atom. The summed E-state index contributed by atoms with van der Waals surface area (Å²) >= 11 is 2.29. The van der Waals surface area contributed by atoms with Crippen molar-refractivity contribution in [3.63, 3.8) is 0 Å². The van der Waals surface area contributed by atoms with E-state index < -0.39 is 11.9 Å². The normalized spacial score (nSPS) is 10.4. The number of nitrogens with zero attached hydrogens (tertiary/aromatic N) is 1. The first-order valence-corrected chi connectivity index (χ1v) is 6.65. The van der Waals surface area contributed by atoms with E-state index in [0.717, 1.165) is 22.3 Å². The van der Waals surface area contributed by atoms with Crippen LogP contribution in [-0.4, -0.2) is 22.0 Å². The van der Waals surface area contributed by atoms with Crippen LogP contribution in [0.25, 0.3) is 10.2 Å². The van der Waals surface area contributed by atoms with E-state index in [1.165, 1.54) is 11.3 Å². The van der Waals surface area contributed by atoms with E-state index in [1.807, 2.05) is 24.3 Å². The van der Waals surface area contributed by atoms with Crippen LogP contribution in [0.3, 0.4) is 0 Å². The Kier molecular flexibility index (Phi) is 4.16. The third kappa shape index (κ3) is 3.44. The van der Waals surface area contributed by atoms with Crippen molar-refractivity contribution >= 4 is 45.5 Å². The summed E-state index contributed by atoms with van der Waals surface area (Å²) < 4.78 is 6.51. The molecule has 0 aliphatic heterocycles. The largest absolute Gasteiger partial charge is 0.481 e. The van der Waals surface area contributed by atoms with Crippen LogP contribution in [0.5, 0.6) is 0 Å². The molecule has 1 aromatic carbocycles. The molecule has 2 aromatic rings. The fourth-order valence-corrected chi connectivity index (χ4v) is 2.81. The Morgan fingerprint density at radius 2 is 2.11 bits per heavy atom. The number of thiazole rings is 1. The number of carbonyl (C=O) groups is 2. The number of benzene rings is 1. The minimum Gasteiger partial charge on any atom is -0.481 e. The maximum absolute atomic E-state index is 11.2. The molecule has 0 fully saturated rings. The van der Waals surface area contributed by atoms with Crippen LogP contribution in [0.4, 0.5) is 0 Å². The summed E-state index contributed by atoms with van der Waals surface area (Å²) in [4.78, 5) is 25.7. The van der Waals surface area contributed by atoms with Crippen molar-refractivity contribution in [1.29, 1.82) is 0 Å². The number of carboxylic acid groups (broad SMARTS) is 1. The molecule has 18 heavy (non-hydrogen) atoms. The lowest BCUT2D eigenvalue weighted by Gasteiger charge is -1.97. The standard InChI is InChI=1S/C11H9NO4S2/c13-9(14)5-6-10(15)16-18-11-12-7-3-1-2-4-8(7)17-11/h1-4H,5-6H2,(H,13,14). The first-order valence-electron chi connectivity index (χ1n) is 5.10. The monoisotopic (exact) mass is 283 g/mol. The highest BCUT2D eigenvalue weighted by molar-refractivity contribution is 7.97. The van der Waals surface area contributed by atoms with E-state index in [2.05, 4.69) is 4.98 Å². The van der Waals surface area contributed by atoms with Gasteiger partial charge in [0.2, 0.25) is 0 Å². The fourth-order valence-electron chi connectivity index (χ4n) is 1.22. The Bertz CT molecular complexity index is 548. The number of hydrogen-bond acceptors (Lipinski definition) is 6. The number of hydrogen-bond donors (Lipinski definition) is 1.